The summed E-state index contributed by atoms with van der Waals surface area (Å²) in [5, 5.41) is 3.38. The summed E-state index contributed by atoms with van der Waals surface area (Å²) in [6.07, 6.45) is 7.91. The number of ether oxygens (including phenoxy) is 1. The maximum absolute atomic E-state index is 6.47. The van der Waals surface area contributed by atoms with Gasteiger partial charge in [0.05, 0.1) is 6.20 Å². The van der Waals surface area contributed by atoms with E-state index in [4.69, 9.17) is 4.74 Å². The summed E-state index contributed by atoms with van der Waals surface area (Å²) >= 11 is 0. The second-order valence-electron chi connectivity index (χ2n) is 7.48. The van der Waals surface area contributed by atoms with Gasteiger partial charge >= 0.3 is 0 Å². The summed E-state index contributed by atoms with van der Waals surface area (Å²) in [6.45, 7) is 11.2. The smallest absolute Gasteiger partial charge is 0.142 e. The Morgan fingerprint density at radius 1 is 1.38 bits per heavy atom. The van der Waals surface area contributed by atoms with Crippen LogP contribution in [0.2, 0.25) is 0 Å². The number of aromatic nitrogens is 1. The van der Waals surface area contributed by atoms with Crippen LogP contribution in [-0.4, -0.2) is 17.6 Å². The zero-order valence-corrected chi connectivity index (χ0v) is 13.8. The van der Waals surface area contributed by atoms with Crippen LogP contribution in [0.25, 0.3) is 0 Å². The molecule has 3 unspecified atom stereocenters. The first-order valence-electron chi connectivity index (χ1n) is 8.29. The van der Waals surface area contributed by atoms with Crippen LogP contribution >= 0.6 is 0 Å². The van der Waals surface area contributed by atoms with Crippen LogP contribution in [0.5, 0.6) is 5.75 Å². The fraction of sp³-hybridized carbons (Fsp3) is 0.722. The Balaban J connectivity index is 1.79. The largest absolute Gasteiger partial charge is 0.488 e. The molecule has 0 spiro atoms. The van der Waals surface area contributed by atoms with Crippen LogP contribution in [0.4, 0.5) is 0 Å². The van der Waals surface area contributed by atoms with E-state index in [9.17, 15) is 0 Å². The van der Waals surface area contributed by atoms with E-state index in [0.717, 1.165) is 24.8 Å². The number of fused-ring (bicyclic) bond motifs is 2. The molecule has 3 heteroatoms. The first kappa shape index (κ1) is 14.8. The average molecular weight is 288 g/mol. The monoisotopic (exact) mass is 288 g/mol. The fourth-order valence-corrected chi connectivity index (χ4v) is 4.38. The van der Waals surface area contributed by atoms with Gasteiger partial charge in [0.2, 0.25) is 0 Å². The molecule has 1 heterocycles. The Labute approximate surface area is 128 Å². The highest BCUT2D eigenvalue weighted by molar-refractivity contribution is 5.30. The fourth-order valence-electron chi connectivity index (χ4n) is 4.38. The number of rotatable bonds is 5. The van der Waals surface area contributed by atoms with E-state index in [2.05, 4.69) is 44.1 Å². The van der Waals surface area contributed by atoms with Crippen LogP contribution in [-0.2, 0) is 6.54 Å². The molecule has 0 radical (unpaired) electrons. The zero-order valence-electron chi connectivity index (χ0n) is 13.8. The van der Waals surface area contributed by atoms with Crippen molar-refractivity contribution in [2.24, 2.45) is 16.7 Å². The highest BCUT2D eigenvalue weighted by Gasteiger charge is 2.62. The van der Waals surface area contributed by atoms with E-state index in [1.165, 1.54) is 24.8 Å². The Morgan fingerprint density at radius 3 is 2.81 bits per heavy atom. The van der Waals surface area contributed by atoms with Crippen LogP contribution in [0, 0.1) is 16.7 Å². The Bertz CT molecular complexity index is 514. The van der Waals surface area contributed by atoms with E-state index < -0.39 is 0 Å². The maximum Gasteiger partial charge on any atom is 0.142 e. The van der Waals surface area contributed by atoms with Gasteiger partial charge in [0.1, 0.15) is 11.9 Å². The number of nitrogens with one attached hydrogen (secondary N) is 1. The third kappa shape index (κ3) is 2.26. The highest BCUT2D eigenvalue weighted by Crippen LogP contribution is 2.66. The van der Waals surface area contributed by atoms with Crippen LogP contribution < -0.4 is 10.1 Å². The van der Waals surface area contributed by atoms with Crippen LogP contribution in [0.3, 0.4) is 0 Å². The Kier molecular flexibility index (Phi) is 3.73. The van der Waals surface area contributed by atoms with Gasteiger partial charge < -0.3 is 10.1 Å². The van der Waals surface area contributed by atoms with Crippen molar-refractivity contribution in [1.29, 1.82) is 0 Å². The lowest BCUT2D eigenvalue weighted by molar-refractivity contribution is 0.0293. The summed E-state index contributed by atoms with van der Waals surface area (Å²) < 4.78 is 6.47. The van der Waals surface area contributed by atoms with E-state index in [1.807, 2.05) is 12.4 Å². The standard InChI is InChI=1S/C18H28N2O/c1-5-19-11-13-7-9-20-12-15(13)21-16-10-14-6-8-18(16,4)17(14,2)3/h7,9,12,14,16,19H,5-6,8,10-11H2,1-4H3. The van der Waals surface area contributed by atoms with Crippen molar-refractivity contribution in [2.75, 3.05) is 6.54 Å². The molecule has 1 N–H and O–H groups in total. The molecule has 3 rings (SSSR count). The first-order valence-corrected chi connectivity index (χ1v) is 8.29. The SMILES string of the molecule is CCNCc1ccncc1OC1CC2CCC1(C)C2(C)C. The second-order valence-corrected chi connectivity index (χ2v) is 7.48. The maximum atomic E-state index is 6.47. The minimum Gasteiger partial charge on any atom is -0.488 e. The predicted molar refractivity (Wildman–Crippen MR) is 85.3 cm³/mol. The third-order valence-corrected chi connectivity index (χ3v) is 6.42. The molecule has 3 atom stereocenters. The van der Waals surface area contributed by atoms with E-state index in [1.54, 1.807) is 0 Å². The quantitative estimate of drug-likeness (QED) is 0.895. The molecule has 0 aliphatic heterocycles. The molecule has 0 saturated heterocycles. The summed E-state index contributed by atoms with van der Waals surface area (Å²) in [5.74, 6) is 1.77. The molecule has 2 aliphatic rings. The van der Waals surface area contributed by atoms with Crippen molar-refractivity contribution < 1.29 is 4.74 Å². The van der Waals surface area contributed by atoms with Gasteiger partial charge in [-0.05, 0) is 43.2 Å². The predicted octanol–water partition coefficient (Wildman–Crippen LogP) is 3.78. The van der Waals surface area contributed by atoms with Crippen molar-refractivity contribution in [1.82, 2.24) is 10.3 Å². The van der Waals surface area contributed by atoms with Gasteiger partial charge in [0.15, 0.2) is 0 Å². The molecule has 116 valence electrons. The van der Waals surface area contributed by atoms with Crippen molar-refractivity contribution >= 4 is 0 Å². The normalized spacial score (nSPS) is 33.3. The average Bonchev–Trinajstić information content (AvgIpc) is 2.79. The summed E-state index contributed by atoms with van der Waals surface area (Å²) in [5.41, 5.74) is 1.90. The lowest BCUT2D eigenvalue weighted by Gasteiger charge is -2.39. The number of nitrogens with zero attached hydrogens (tertiary/aromatic N) is 1. The lowest BCUT2D eigenvalue weighted by atomic mass is 9.70. The second kappa shape index (κ2) is 5.28. The van der Waals surface area contributed by atoms with Crippen LogP contribution in [0.1, 0.15) is 52.5 Å². The van der Waals surface area contributed by atoms with Crippen molar-refractivity contribution in [3.63, 3.8) is 0 Å². The van der Waals surface area contributed by atoms with Crippen LogP contribution in [0.15, 0.2) is 18.5 Å². The number of hydrogen-bond acceptors (Lipinski definition) is 3. The molecule has 0 aromatic carbocycles. The molecular weight excluding hydrogens is 260 g/mol. The molecule has 2 saturated carbocycles. The molecule has 1 aromatic rings. The van der Waals surface area contributed by atoms with Crippen molar-refractivity contribution in [2.45, 2.75) is 59.6 Å². The molecule has 3 nitrogen and oxygen atoms in total. The molecule has 2 fully saturated rings. The van der Waals surface area contributed by atoms with E-state index in [0.29, 0.717) is 16.9 Å². The first-order chi connectivity index (χ1) is 9.99. The summed E-state index contributed by atoms with van der Waals surface area (Å²) in [4.78, 5) is 4.26. The van der Waals surface area contributed by atoms with Gasteiger partial charge in [-0.1, -0.05) is 27.7 Å². The Morgan fingerprint density at radius 2 is 2.19 bits per heavy atom. The molecular formula is C18H28N2O. The summed E-state index contributed by atoms with van der Waals surface area (Å²) in [7, 11) is 0. The minimum atomic E-state index is 0.295. The van der Waals surface area contributed by atoms with Gasteiger partial charge in [-0.15, -0.1) is 0 Å². The minimum absolute atomic E-state index is 0.295. The van der Waals surface area contributed by atoms with Crippen molar-refractivity contribution in [3.8, 4) is 5.75 Å². The molecule has 21 heavy (non-hydrogen) atoms. The number of pyridine rings is 1. The van der Waals surface area contributed by atoms with Crippen molar-refractivity contribution in [3.05, 3.63) is 24.0 Å². The van der Waals surface area contributed by atoms with Gasteiger partial charge in [-0.25, -0.2) is 0 Å². The molecule has 1 aromatic heterocycles. The lowest BCUT2D eigenvalue weighted by Crippen LogP contribution is -2.39. The molecule has 0 amide bonds. The number of hydrogen-bond donors (Lipinski definition) is 1. The highest BCUT2D eigenvalue weighted by atomic mass is 16.5. The third-order valence-electron chi connectivity index (χ3n) is 6.42. The zero-order chi connectivity index (χ0) is 15.1. The topological polar surface area (TPSA) is 34.2 Å². The van der Waals surface area contributed by atoms with Gasteiger partial charge in [-0.2, -0.15) is 0 Å². The van der Waals surface area contributed by atoms with Gasteiger partial charge in [0.25, 0.3) is 0 Å². The molecule has 2 aliphatic carbocycles. The molecule has 2 bridgehead atoms. The van der Waals surface area contributed by atoms with E-state index in [-0.39, 0.29) is 0 Å². The van der Waals surface area contributed by atoms with Gasteiger partial charge in [-0.3, -0.25) is 4.98 Å². The summed E-state index contributed by atoms with van der Waals surface area (Å²) in [6, 6.07) is 2.07. The van der Waals surface area contributed by atoms with E-state index >= 15 is 0 Å². The van der Waals surface area contributed by atoms with Gasteiger partial charge in [0, 0.05) is 23.7 Å². The Hall–Kier alpha value is -1.09.